The van der Waals surface area contributed by atoms with Crippen molar-refractivity contribution in [1.82, 2.24) is 15.3 Å². The molecule has 0 aliphatic heterocycles. The molecule has 4 aromatic rings. The maximum Gasteiger partial charge on any atom is 0.251 e. The second-order valence-corrected chi connectivity index (χ2v) is 10.6. The van der Waals surface area contributed by atoms with E-state index < -0.39 is 9.84 Å². The molecular formula is C26H27N3O3S. The summed E-state index contributed by atoms with van der Waals surface area (Å²) in [4.78, 5) is 21.4. The van der Waals surface area contributed by atoms with Gasteiger partial charge in [0.1, 0.15) is 5.82 Å². The van der Waals surface area contributed by atoms with Gasteiger partial charge in [-0.2, -0.15) is 0 Å². The first-order chi connectivity index (χ1) is 15.8. The molecule has 0 bridgehead atoms. The molecule has 0 fully saturated rings. The van der Waals surface area contributed by atoms with Crippen molar-refractivity contribution < 1.29 is 13.2 Å². The molecule has 0 radical (unpaired) electrons. The third-order valence-corrected chi connectivity index (χ3v) is 7.10. The average molecular weight is 462 g/mol. The third kappa shape index (κ3) is 5.49. The number of sulfone groups is 1. The molecule has 170 valence electrons. The monoisotopic (exact) mass is 461 g/mol. The fourth-order valence-corrected chi connectivity index (χ4v) is 5.18. The molecule has 1 heterocycles. The van der Waals surface area contributed by atoms with Gasteiger partial charge in [-0.1, -0.05) is 56.3 Å². The van der Waals surface area contributed by atoms with Crippen molar-refractivity contribution in [2.45, 2.75) is 37.0 Å². The van der Waals surface area contributed by atoms with Gasteiger partial charge in [-0.15, -0.1) is 0 Å². The molecule has 0 saturated heterocycles. The van der Waals surface area contributed by atoms with Crippen molar-refractivity contribution in [3.63, 3.8) is 0 Å². The number of nitrogens with zero attached hydrogens (tertiary/aromatic N) is 1. The Morgan fingerprint density at radius 1 is 0.970 bits per heavy atom. The standard InChI is InChI=1S/C26H27N3O3S/c1-18(2)15-24(25-27-22-13-6-7-14-23(22)28-25)29-26(30)20-10-8-9-19(16-20)17-33(31,32)21-11-4-3-5-12-21/h3-14,16,18,24H,15,17H2,1-2H3,(H,27,28)(H,29,30). The lowest BCUT2D eigenvalue weighted by atomic mass is 10.0. The Morgan fingerprint density at radius 2 is 1.70 bits per heavy atom. The van der Waals surface area contributed by atoms with Gasteiger partial charge in [0.25, 0.3) is 5.91 Å². The zero-order chi connectivity index (χ0) is 23.4. The van der Waals surface area contributed by atoms with Crippen molar-refractivity contribution in [1.29, 1.82) is 0 Å². The lowest BCUT2D eigenvalue weighted by Crippen LogP contribution is -2.30. The van der Waals surface area contributed by atoms with Crippen molar-refractivity contribution >= 4 is 26.8 Å². The van der Waals surface area contributed by atoms with Gasteiger partial charge in [0.2, 0.25) is 0 Å². The molecule has 1 amide bonds. The molecule has 0 aliphatic rings. The number of para-hydroxylation sites is 2. The highest BCUT2D eigenvalue weighted by Crippen LogP contribution is 2.23. The molecule has 1 atom stereocenters. The van der Waals surface area contributed by atoms with E-state index in [-0.39, 0.29) is 22.6 Å². The minimum atomic E-state index is -3.50. The molecule has 2 N–H and O–H groups in total. The van der Waals surface area contributed by atoms with Crippen molar-refractivity contribution in [2.75, 3.05) is 0 Å². The third-order valence-electron chi connectivity index (χ3n) is 5.40. The first-order valence-electron chi connectivity index (χ1n) is 10.9. The summed E-state index contributed by atoms with van der Waals surface area (Å²) in [5.41, 5.74) is 2.75. The number of hydrogen-bond acceptors (Lipinski definition) is 4. The van der Waals surface area contributed by atoms with Crippen LogP contribution in [0, 0.1) is 5.92 Å². The number of amides is 1. The minimum absolute atomic E-state index is 0.170. The summed E-state index contributed by atoms with van der Waals surface area (Å²) in [6, 6.07) is 22.6. The second kappa shape index (κ2) is 9.58. The summed E-state index contributed by atoms with van der Waals surface area (Å²) in [6.07, 6.45) is 0.716. The largest absolute Gasteiger partial charge is 0.342 e. The molecule has 3 aromatic carbocycles. The van der Waals surface area contributed by atoms with E-state index in [9.17, 15) is 13.2 Å². The van der Waals surface area contributed by atoms with E-state index >= 15 is 0 Å². The number of aromatic amines is 1. The fraction of sp³-hybridized carbons (Fsp3) is 0.231. The number of fused-ring (bicyclic) bond motifs is 1. The normalized spacial score (nSPS) is 12.7. The molecule has 6 nitrogen and oxygen atoms in total. The number of nitrogens with one attached hydrogen (secondary N) is 2. The highest BCUT2D eigenvalue weighted by atomic mass is 32.2. The van der Waals surface area contributed by atoms with Gasteiger partial charge in [0, 0.05) is 5.56 Å². The molecule has 0 saturated carbocycles. The van der Waals surface area contributed by atoms with Crippen LogP contribution in [0.2, 0.25) is 0 Å². The van der Waals surface area contributed by atoms with E-state index in [0.29, 0.717) is 29.3 Å². The Hall–Kier alpha value is -3.45. The smallest absolute Gasteiger partial charge is 0.251 e. The molecule has 33 heavy (non-hydrogen) atoms. The van der Waals surface area contributed by atoms with E-state index in [0.717, 1.165) is 11.0 Å². The van der Waals surface area contributed by atoms with E-state index in [1.165, 1.54) is 0 Å². The highest BCUT2D eigenvalue weighted by molar-refractivity contribution is 7.90. The summed E-state index contributed by atoms with van der Waals surface area (Å²) in [7, 11) is -3.50. The number of hydrogen-bond donors (Lipinski definition) is 2. The van der Waals surface area contributed by atoms with Crippen molar-refractivity contribution in [3.8, 4) is 0 Å². The van der Waals surface area contributed by atoms with Crippen LogP contribution in [0.3, 0.4) is 0 Å². The van der Waals surface area contributed by atoms with E-state index in [2.05, 4.69) is 29.1 Å². The molecule has 1 unspecified atom stereocenters. The Labute approximate surface area is 194 Å². The van der Waals surface area contributed by atoms with Crippen LogP contribution in [0.25, 0.3) is 11.0 Å². The maximum atomic E-state index is 13.1. The Kier molecular flexibility index (Phi) is 6.60. The quantitative estimate of drug-likeness (QED) is 0.384. The zero-order valence-corrected chi connectivity index (χ0v) is 19.5. The van der Waals surface area contributed by atoms with Gasteiger partial charge in [-0.05, 0) is 54.3 Å². The van der Waals surface area contributed by atoms with Gasteiger partial charge >= 0.3 is 0 Å². The first-order valence-corrected chi connectivity index (χ1v) is 12.6. The van der Waals surface area contributed by atoms with Gasteiger partial charge in [0.15, 0.2) is 9.84 Å². The SMILES string of the molecule is CC(C)CC(NC(=O)c1cccc(CS(=O)(=O)c2ccccc2)c1)c1nc2ccccc2[nH]1. The van der Waals surface area contributed by atoms with Gasteiger partial charge in [-0.25, -0.2) is 13.4 Å². The molecule has 0 spiro atoms. The summed E-state index contributed by atoms with van der Waals surface area (Å²) in [5, 5.41) is 3.08. The molecule has 0 aliphatic carbocycles. The van der Waals surface area contributed by atoms with Crippen LogP contribution in [0.5, 0.6) is 0 Å². The summed E-state index contributed by atoms with van der Waals surface area (Å²) in [5.74, 6) is 0.615. The topological polar surface area (TPSA) is 91.9 Å². The van der Waals surface area contributed by atoms with Gasteiger partial charge in [0.05, 0.1) is 27.7 Å². The number of aromatic nitrogens is 2. The van der Waals surface area contributed by atoms with Crippen LogP contribution in [0.15, 0.2) is 83.8 Å². The van der Waals surface area contributed by atoms with Gasteiger partial charge in [-0.3, -0.25) is 4.79 Å². The highest BCUT2D eigenvalue weighted by Gasteiger charge is 2.21. The van der Waals surface area contributed by atoms with Crippen LogP contribution >= 0.6 is 0 Å². The lowest BCUT2D eigenvalue weighted by Gasteiger charge is -2.19. The van der Waals surface area contributed by atoms with Crippen molar-refractivity contribution in [2.24, 2.45) is 5.92 Å². The Balaban J connectivity index is 1.55. The van der Waals surface area contributed by atoms with E-state index in [4.69, 9.17) is 0 Å². The maximum absolute atomic E-state index is 13.1. The number of benzene rings is 3. The van der Waals surface area contributed by atoms with Gasteiger partial charge < -0.3 is 10.3 Å². The molecule has 4 rings (SSSR count). The average Bonchev–Trinajstić information content (AvgIpc) is 3.23. The minimum Gasteiger partial charge on any atom is -0.342 e. The number of rotatable bonds is 8. The second-order valence-electron chi connectivity index (χ2n) is 8.57. The Bertz CT molecular complexity index is 1330. The van der Waals surface area contributed by atoms with E-state index in [1.807, 2.05) is 24.3 Å². The van der Waals surface area contributed by atoms with Crippen LogP contribution in [0.4, 0.5) is 0 Å². The van der Waals surface area contributed by atoms with Crippen LogP contribution in [-0.4, -0.2) is 24.3 Å². The van der Waals surface area contributed by atoms with E-state index in [1.54, 1.807) is 54.6 Å². The van der Waals surface area contributed by atoms with Crippen molar-refractivity contribution in [3.05, 3.63) is 95.8 Å². The zero-order valence-electron chi connectivity index (χ0n) is 18.7. The number of carbonyl (C=O) groups is 1. The number of carbonyl (C=O) groups excluding carboxylic acids is 1. The summed E-state index contributed by atoms with van der Waals surface area (Å²) in [6.45, 7) is 4.19. The molecule has 7 heteroatoms. The predicted molar refractivity (Wildman–Crippen MR) is 130 cm³/mol. The number of imidazole rings is 1. The molecular weight excluding hydrogens is 434 g/mol. The number of H-pyrrole nitrogens is 1. The first kappa shape index (κ1) is 22.7. The van der Waals surface area contributed by atoms with Crippen LogP contribution in [-0.2, 0) is 15.6 Å². The predicted octanol–water partition coefficient (Wildman–Crippen LogP) is 5.05. The molecule has 1 aromatic heterocycles. The lowest BCUT2D eigenvalue weighted by molar-refractivity contribution is 0.0930. The van der Waals surface area contributed by atoms with Crippen LogP contribution in [0.1, 0.15) is 48.1 Å². The summed E-state index contributed by atoms with van der Waals surface area (Å²) < 4.78 is 25.5. The van der Waals surface area contributed by atoms with Crippen LogP contribution < -0.4 is 5.32 Å². The summed E-state index contributed by atoms with van der Waals surface area (Å²) >= 11 is 0. The Morgan fingerprint density at radius 3 is 2.42 bits per heavy atom. The fourth-order valence-electron chi connectivity index (χ4n) is 3.82.